The third-order valence-corrected chi connectivity index (χ3v) is 4.98. The summed E-state index contributed by atoms with van der Waals surface area (Å²) in [5.41, 5.74) is 1.00. The number of piperidine rings is 1. The summed E-state index contributed by atoms with van der Waals surface area (Å²) in [5.74, 6) is -1.51. The maximum absolute atomic E-state index is 13.1. The number of aromatic nitrogens is 2. The van der Waals surface area contributed by atoms with Crippen molar-refractivity contribution in [2.24, 2.45) is 0 Å². The van der Waals surface area contributed by atoms with Crippen LogP contribution in [0.4, 0.5) is 4.39 Å². The van der Waals surface area contributed by atoms with Crippen molar-refractivity contribution in [2.45, 2.75) is 38.1 Å². The van der Waals surface area contributed by atoms with Crippen LogP contribution < -0.4 is 0 Å². The molecular formula is C19H22FN3O3. The Labute approximate surface area is 151 Å². The molecule has 6 nitrogen and oxygen atoms in total. The fourth-order valence-corrected chi connectivity index (χ4v) is 3.47. The van der Waals surface area contributed by atoms with Crippen LogP contribution in [-0.4, -0.2) is 44.8 Å². The number of carboxylic acids is 1. The molecule has 3 rings (SSSR count). The second kappa shape index (κ2) is 7.68. The van der Waals surface area contributed by atoms with Crippen LogP contribution in [0.2, 0.25) is 0 Å². The molecule has 1 amide bonds. The quantitative estimate of drug-likeness (QED) is 0.890. The van der Waals surface area contributed by atoms with E-state index in [1.807, 2.05) is 11.8 Å². The first-order valence-corrected chi connectivity index (χ1v) is 8.81. The molecule has 1 atom stereocenters. The van der Waals surface area contributed by atoms with Gasteiger partial charge in [0.25, 0.3) is 0 Å². The molecule has 1 aliphatic heterocycles. The monoisotopic (exact) mass is 359 g/mol. The number of carboxylic acid groups (broad SMARTS) is 1. The van der Waals surface area contributed by atoms with E-state index in [-0.39, 0.29) is 29.2 Å². The van der Waals surface area contributed by atoms with E-state index in [9.17, 15) is 14.0 Å². The van der Waals surface area contributed by atoms with E-state index >= 15 is 0 Å². The molecule has 0 spiro atoms. The smallest absolute Gasteiger partial charge is 0.338 e. The Balaban J connectivity index is 1.63. The Bertz CT molecular complexity index is 780. The highest BCUT2D eigenvalue weighted by molar-refractivity contribution is 5.86. The number of halogens is 1. The van der Waals surface area contributed by atoms with Crippen molar-refractivity contribution >= 4 is 11.9 Å². The second-order valence-corrected chi connectivity index (χ2v) is 6.58. The van der Waals surface area contributed by atoms with Gasteiger partial charge in [0.15, 0.2) is 0 Å². The number of likely N-dealkylation sites (tertiary alicyclic amines) is 1. The fraction of sp³-hybridized carbons (Fsp3) is 0.421. The molecule has 1 aromatic carbocycles. The highest BCUT2D eigenvalue weighted by Gasteiger charge is 2.29. The molecule has 138 valence electrons. The third kappa shape index (κ3) is 3.76. The molecule has 7 heteroatoms. The van der Waals surface area contributed by atoms with Crippen molar-refractivity contribution in [3.8, 4) is 0 Å². The number of amides is 1. The van der Waals surface area contributed by atoms with E-state index in [1.54, 1.807) is 16.8 Å². The number of nitrogens with zero attached hydrogens (tertiary/aromatic N) is 3. The van der Waals surface area contributed by atoms with Crippen molar-refractivity contribution in [1.82, 2.24) is 14.7 Å². The zero-order valence-electron chi connectivity index (χ0n) is 14.6. The average Bonchev–Trinajstić information content (AvgIpc) is 3.14. The number of carbonyl (C=O) groups is 2. The molecule has 1 fully saturated rings. The van der Waals surface area contributed by atoms with Gasteiger partial charge in [0.2, 0.25) is 5.91 Å². The van der Waals surface area contributed by atoms with Gasteiger partial charge in [-0.3, -0.25) is 9.48 Å². The second-order valence-electron chi connectivity index (χ2n) is 6.58. The molecule has 0 bridgehead atoms. The van der Waals surface area contributed by atoms with Gasteiger partial charge in [-0.15, -0.1) is 0 Å². The highest BCUT2D eigenvalue weighted by Crippen LogP contribution is 2.27. The number of carbonyl (C=O) groups excluding carboxylic acids is 1. The molecular weight excluding hydrogens is 337 g/mol. The maximum atomic E-state index is 13.1. The van der Waals surface area contributed by atoms with E-state index in [0.717, 1.165) is 18.4 Å². The topological polar surface area (TPSA) is 75.4 Å². The molecule has 1 aliphatic rings. The Hall–Kier alpha value is -2.70. The first-order valence-electron chi connectivity index (χ1n) is 8.81. The van der Waals surface area contributed by atoms with E-state index in [0.29, 0.717) is 19.5 Å². The van der Waals surface area contributed by atoms with Gasteiger partial charge in [-0.05, 0) is 37.0 Å². The summed E-state index contributed by atoms with van der Waals surface area (Å²) in [7, 11) is 0. The summed E-state index contributed by atoms with van der Waals surface area (Å²) >= 11 is 0. The summed E-state index contributed by atoms with van der Waals surface area (Å²) < 4.78 is 14.8. The molecule has 1 saturated heterocycles. The summed E-state index contributed by atoms with van der Waals surface area (Å²) in [6, 6.07) is 6.21. The Morgan fingerprint density at radius 1 is 1.27 bits per heavy atom. The lowest BCUT2D eigenvalue weighted by Gasteiger charge is -2.34. The van der Waals surface area contributed by atoms with E-state index in [1.165, 1.54) is 24.5 Å². The van der Waals surface area contributed by atoms with Gasteiger partial charge in [-0.25, -0.2) is 9.18 Å². The fourth-order valence-electron chi connectivity index (χ4n) is 3.47. The van der Waals surface area contributed by atoms with Crippen LogP contribution in [-0.2, 0) is 4.79 Å². The molecule has 2 heterocycles. The van der Waals surface area contributed by atoms with E-state index < -0.39 is 5.97 Å². The van der Waals surface area contributed by atoms with Gasteiger partial charge >= 0.3 is 5.97 Å². The number of aromatic carboxylic acids is 1. The predicted octanol–water partition coefficient (Wildman–Crippen LogP) is 3.08. The van der Waals surface area contributed by atoms with Gasteiger partial charge in [-0.2, -0.15) is 5.10 Å². The minimum atomic E-state index is -0.992. The zero-order chi connectivity index (χ0) is 18.7. The van der Waals surface area contributed by atoms with E-state index in [4.69, 9.17) is 5.11 Å². The summed E-state index contributed by atoms with van der Waals surface area (Å²) in [6.45, 7) is 3.16. The van der Waals surface area contributed by atoms with Crippen molar-refractivity contribution in [3.05, 3.63) is 53.6 Å². The molecule has 26 heavy (non-hydrogen) atoms. The molecule has 0 aliphatic carbocycles. The Morgan fingerprint density at radius 2 is 1.92 bits per heavy atom. The molecule has 0 saturated carbocycles. The standard InChI is InChI=1S/C19H22FN3O3/c1-2-17(13-3-5-15(20)6-4-13)18(24)22-9-7-16(8-10-22)23-12-14(11-21-23)19(25)26/h3-6,11-12,16-17H,2,7-10H2,1H3,(H,25,26). The number of hydrogen-bond acceptors (Lipinski definition) is 3. The van der Waals surface area contributed by atoms with Crippen LogP contribution >= 0.6 is 0 Å². The average molecular weight is 359 g/mol. The molecule has 1 N–H and O–H groups in total. The predicted molar refractivity (Wildman–Crippen MR) is 93.5 cm³/mol. The summed E-state index contributed by atoms with van der Waals surface area (Å²) in [6.07, 6.45) is 5.00. The minimum absolute atomic E-state index is 0.0595. The summed E-state index contributed by atoms with van der Waals surface area (Å²) in [5, 5.41) is 13.1. The van der Waals surface area contributed by atoms with Crippen LogP contribution in [0.3, 0.4) is 0 Å². The van der Waals surface area contributed by atoms with Gasteiger partial charge in [0, 0.05) is 19.3 Å². The lowest BCUT2D eigenvalue weighted by atomic mass is 9.93. The number of hydrogen-bond donors (Lipinski definition) is 1. The zero-order valence-corrected chi connectivity index (χ0v) is 14.6. The van der Waals surface area contributed by atoms with Crippen LogP contribution in [0.1, 0.15) is 54.1 Å². The number of rotatable bonds is 5. The minimum Gasteiger partial charge on any atom is -0.478 e. The van der Waals surface area contributed by atoms with Crippen LogP contribution in [0.5, 0.6) is 0 Å². The normalized spacial score (nSPS) is 16.5. The van der Waals surface area contributed by atoms with Crippen molar-refractivity contribution in [2.75, 3.05) is 13.1 Å². The van der Waals surface area contributed by atoms with Gasteiger partial charge in [-0.1, -0.05) is 19.1 Å². The van der Waals surface area contributed by atoms with Gasteiger partial charge in [0.05, 0.1) is 23.7 Å². The lowest BCUT2D eigenvalue weighted by molar-refractivity contribution is -0.134. The first-order chi connectivity index (χ1) is 12.5. The largest absolute Gasteiger partial charge is 0.478 e. The molecule has 1 unspecified atom stereocenters. The van der Waals surface area contributed by atoms with Crippen molar-refractivity contribution < 1.29 is 19.1 Å². The molecule has 0 radical (unpaired) electrons. The third-order valence-electron chi connectivity index (χ3n) is 4.98. The lowest BCUT2D eigenvalue weighted by Crippen LogP contribution is -2.41. The number of benzene rings is 1. The van der Waals surface area contributed by atoms with E-state index in [2.05, 4.69) is 5.10 Å². The Kier molecular flexibility index (Phi) is 5.35. The maximum Gasteiger partial charge on any atom is 0.338 e. The van der Waals surface area contributed by atoms with Crippen molar-refractivity contribution in [1.29, 1.82) is 0 Å². The van der Waals surface area contributed by atoms with Crippen LogP contribution in [0, 0.1) is 5.82 Å². The summed E-state index contributed by atoms with van der Waals surface area (Å²) in [4.78, 5) is 25.7. The van der Waals surface area contributed by atoms with Gasteiger partial charge in [0.1, 0.15) is 5.82 Å². The van der Waals surface area contributed by atoms with Gasteiger partial charge < -0.3 is 10.0 Å². The first kappa shape index (κ1) is 18.1. The van der Waals surface area contributed by atoms with Crippen LogP contribution in [0.15, 0.2) is 36.7 Å². The Morgan fingerprint density at radius 3 is 2.46 bits per heavy atom. The molecule has 2 aromatic rings. The van der Waals surface area contributed by atoms with Crippen molar-refractivity contribution in [3.63, 3.8) is 0 Å². The molecule has 1 aromatic heterocycles. The SMILES string of the molecule is CCC(C(=O)N1CCC(n2cc(C(=O)O)cn2)CC1)c1ccc(F)cc1. The highest BCUT2D eigenvalue weighted by atomic mass is 19.1. The van der Waals surface area contributed by atoms with Crippen LogP contribution in [0.25, 0.3) is 0 Å².